The number of ether oxygens (including phenoxy) is 1. The van der Waals surface area contributed by atoms with Crippen molar-refractivity contribution in [2.24, 2.45) is 11.5 Å². The Balaban J connectivity index is 2.35. The first-order chi connectivity index (χ1) is 8.15. The molecule has 1 fully saturated rings. The maximum atomic E-state index is 11.7. The van der Waals surface area contributed by atoms with E-state index < -0.39 is 11.6 Å². The summed E-state index contributed by atoms with van der Waals surface area (Å²) >= 11 is 0. The zero-order chi connectivity index (χ0) is 12.3. The molecular weight excluding hydrogens is 220 g/mol. The van der Waals surface area contributed by atoms with Gasteiger partial charge in [-0.3, -0.25) is 14.7 Å². The molecule has 1 aliphatic rings. The van der Waals surface area contributed by atoms with Crippen LogP contribution in [0.4, 0.5) is 0 Å². The quantitative estimate of drug-likeness (QED) is 0.702. The Kier molecular flexibility index (Phi) is 3.37. The topological polar surface area (TPSA) is 94.5 Å². The number of hydrogen-bond acceptors (Lipinski definition) is 5. The van der Waals surface area contributed by atoms with Crippen molar-refractivity contribution in [3.63, 3.8) is 0 Å². The lowest BCUT2D eigenvalue weighted by Crippen LogP contribution is -2.64. The van der Waals surface area contributed by atoms with Crippen molar-refractivity contribution in [3.8, 4) is 0 Å². The number of aromatic nitrogens is 1. The minimum Gasteiger partial charge on any atom is -0.379 e. The Labute approximate surface area is 99.5 Å². The van der Waals surface area contributed by atoms with Crippen LogP contribution in [-0.4, -0.2) is 42.1 Å². The molecule has 1 saturated heterocycles. The molecule has 0 aliphatic carbocycles. The minimum atomic E-state index is -1.36. The highest BCUT2D eigenvalue weighted by Gasteiger charge is 2.42. The number of carbonyl (C=O) groups excluding carboxylic acids is 1. The largest absolute Gasteiger partial charge is 0.379 e. The fourth-order valence-electron chi connectivity index (χ4n) is 1.95. The van der Waals surface area contributed by atoms with Crippen LogP contribution in [0.1, 0.15) is 5.69 Å². The lowest BCUT2D eigenvalue weighted by molar-refractivity contribution is -0.134. The number of nitrogens with zero attached hydrogens (tertiary/aromatic N) is 2. The van der Waals surface area contributed by atoms with E-state index in [9.17, 15) is 4.79 Å². The predicted octanol–water partition coefficient (Wildman–Crippen LogP) is -0.989. The summed E-state index contributed by atoms with van der Waals surface area (Å²) in [4.78, 5) is 17.6. The van der Waals surface area contributed by atoms with Crippen LogP contribution in [0.2, 0.25) is 0 Å². The molecule has 1 aromatic rings. The van der Waals surface area contributed by atoms with Gasteiger partial charge in [-0.1, -0.05) is 6.07 Å². The molecule has 0 bridgehead atoms. The van der Waals surface area contributed by atoms with Crippen LogP contribution < -0.4 is 11.5 Å². The van der Waals surface area contributed by atoms with E-state index in [0.29, 0.717) is 32.0 Å². The van der Waals surface area contributed by atoms with E-state index in [1.807, 2.05) is 0 Å². The van der Waals surface area contributed by atoms with Gasteiger partial charge in [-0.15, -0.1) is 0 Å². The lowest BCUT2D eigenvalue weighted by atomic mass is 10.0. The Bertz CT molecular complexity index is 392. The van der Waals surface area contributed by atoms with Gasteiger partial charge in [-0.25, -0.2) is 0 Å². The minimum absolute atomic E-state index is 0.467. The van der Waals surface area contributed by atoms with Crippen LogP contribution in [0.15, 0.2) is 24.4 Å². The summed E-state index contributed by atoms with van der Waals surface area (Å²) < 4.78 is 5.24. The van der Waals surface area contributed by atoms with E-state index in [2.05, 4.69) is 4.98 Å². The molecule has 1 atom stereocenters. The fraction of sp³-hybridized carbons (Fsp3) is 0.455. The molecule has 17 heavy (non-hydrogen) atoms. The Morgan fingerprint density at radius 3 is 2.65 bits per heavy atom. The van der Waals surface area contributed by atoms with E-state index >= 15 is 0 Å². The molecule has 0 saturated carbocycles. The average molecular weight is 236 g/mol. The molecule has 0 spiro atoms. The first kappa shape index (κ1) is 12.0. The Hall–Kier alpha value is -1.50. The first-order valence-corrected chi connectivity index (χ1v) is 5.49. The second-order valence-corrected chi connectivity index (χ2v) is 3.95. The van der Waals surface area contributed by atoms with Gasteiger partial charge in [0.05, 0.1) is 18.9 Å². The van der Waals surface area contributed by atoms with E-state index in [0.717, 1.165) is 0 Å². The van der Waals surface area contributed by atoms with Gasteiger partial charge >= 0.3 is 0 Å². The third kappa shape index (κ3) is 2.14. The van der Waals surface area contributed by atoms with Gasteiger partial charge in [0, 0.05) is 19.3 Å². The number of nitrogens with two attached hydrogens (primary N) is 2. The predicted molar refractivity (Wildman–Crippen MR) is 61.7 cm³/mol. The summed E-state index contributed by atoms with van der Waals surface area (Å²) in [6, 6.07) is 5.26. The number of pyridine rings is 1. The van der Waals surface area contributed by atoms with E-state index in [-0.39, 0.29) is 0 Å². The van der Waals surface area contributed by atoms with E-state index in [1.54, 1.807) is 29.3 Å². The summed E-state index contributed by atoms with van der Waals surface area (Å²) in [6.45, 7) is 2.21. The van der Waals surface area contributed by atoms with E-state index in [4.69, 9.17) is 16.2 Å². The van der Waals surface area contributed by atoms with Crippen LogP contribution >= 0.6 is 0 Å². The van der Waals surface area contributed by atoms with Gasteiger partial charge in [0.2, 0.25) is 0 Å². The van der Waals surface area contributed by atoms with Crippen molar-refractivity contribution in [2.75, 3.05) is 26.3 Å². The van der Waals surface area contributed by atoms with Gasteiger partial charge in [-0.2, -0.15) is 0 Å². The Morgan fingerprint density at radius 1 is 1.41 bits per heavy atom. The van der Waals surface area contributed by atoms with Crippen LogP contribution in [0.25, 0.3) is 0 Å². The molecule has 0 radical (unpaired) electrons. The molecular formula is C11H16N4O2. The molecule has 6 nitrogen and oxygen atoms in total. The van der Waals surface area contributed by atoms with Crippen LogP contribution in [0.3, 0.4) is 0 Å². The molecule has 1 amide bonds. The number of amides is 1. The van der Waals surface area contributed by atoms with E-state index in [1.165, 1.54) is 0 Å². The monoisotopic (exact) mass is 236 g/mol. The number of hydrogen-bond donors (Lipinski definition) is 2. The van der Waals surface area contributed by atoms with Crippen molar-refractivity contribution in [1.29, 1.82) is 0 Å². The van der Waals surface area contributed by atoms with Crippen molar-refractivity contribution >= 4 is 5.91 Å². The van der Waals surface area contributed by atoms with Crippen molar-refractivity contribution < 1.29 is 9.53 Å². The highest BCUT2D eigenvalue weighted by Crippen LogP contribution is 2.21. The zero-order valence-electron chi connectivity index (χ0n) is 9.50. The summed E-state index contributed by atoms with van der Waals surface area (Å²) in [5.41, 5.74) is 10.7. The molecule has 2 heterocycles. The maximum Gasteiger partial charge on any atom is 0.259 e. The lowest BCUT2D eigenvalue weighted by Gasteiger charge is -2.39. The molecule has 1 aliphatic heterocycles. The number of morpholine rings is 1. The average Bonchev–Trinajstić information content (AvgIpc) is 2.39. The van der Waals surface area contributed by atoms with Gasteiger partial charge in [0.1, 0.15) is 0 Å². The summed E-state index contributed by atoms with van der Waals surface area (Å²) in [7, 11) is 0. The highest BCUT2D eigenvalue weighted by atomic mass is 16.5. The summed E-state index contributed by atoms with van der Waals surface area (Å²) in [6.07, 6.45) is 1.60. The van der Waals surface area contributed by atoms with Gasteiger partial charge in [0.25, 0.3) is 5.91 Å². The van der Waals surface area contributed by atoms with Crippen LogP contribution in [0, 0.1) is 0 Å². The van der Waals surface area contributed by atoms with Gasteiger partial charge in [-0.05, 0) is 12.1 Å². The second-order valence-electron chi connectivity index (χ2n) is 3.95. The molecule has 4 N–H and O–H groups in total. The van der Waals surface area contributed by atoms with Crippen molar-refractivity contribution in [2.45, 2.75) is 5.66 Å². The first-order valence-electron chi connectivity index (χ1n) is 5.49. The standard InChI is InChI=1S/C11H16N4O2/c12-10(16)11(13,9-3-1-2-4-14-9)15-5-7-17-8-6-15/h1-4H,5-8,13H2,(H2,12,16). The number of primary amides is 1. The van der Waals surface area contributed by atoms with Gasteiger partial charge in [0.15, 0.2) is 5.66 Å². The molecule has 92 valence electrons. The molecule has 6 heteroatoms. The number of rotatable bonds is 3. The van der Waals surface area contributed by atoms with Crippen molar-refractivity contribution in [1.82, 2.24) is 9.88 Å². The second kappa shape index (κ2) is 4.79. The zero-order valence-corrected chi connectivity index (χ0v) is 9.50. The highest BCUT2D eigenvalue weighted by molar-refractivity contribution is 5.84. The fourth-order valence-corrected chi connectivity index (χ4v) is 1.95. The molecule has 1 aromatic heterocycles. The smallest absolute Gasteiger partial charge is 0.259 e. The SMILES string of the molecule is NC(=O)C(N)(c1ccccn1)N1CCOCC1. The molecule has 1 unspecified atom stereocenters. The molecule has 0 aromatic carbocycles. The summed E-state index contributed by atoms with van der Waals surface area (Å²) in [5.74, 6) is -0.599. The Morgan fingerprint density at radius 2 is 2.12 bits per heavy atom. The van der Waals surface area contributed by atoms with Crippen LogP contribution in [-0.2, 0) is 15.2 Å². The summed E-state index contributed by atoms with van der Waals surface area (Å²) in [5, 5.41) is 0. The van der Waals surface area contributed by atoms with Crippen molar-refractivity contribution in [3.05, 3.63) is 30.1 Å². The maximum absolute atomic E-state index is 11.7. The van der Waals surface area contributed by atoms with Crippen LogP contribution in [0.5, 0.6) is 0 Å². The number of carbonyl (C=O) groups is 1. The third-order valence-electron chi connectivity index (χ3n) is 2.94. The van der Waals surface area contributed by atoms with Gasteiger partial charge < -0.3 is 16.2 Å². The normalized spacial score (nSPS) is 20.8. The third-order valence-corrected chi connectivity index (χ3v) is 2.94. The molecule has 2 rings (SSSR count).